The predicted molar refractivity (Wildman–Crippen MR) is 298 cm³/mol. The summed E-state index contributed by atoms with van der Waals surface area (Å²) in [6, 6.07) is 17.6. The first kappa shape index (κ1) is 60.8. The van der Waals surface area contributed by atoms with Crippen LogP contribution in [0.1, 0.15) is 124 Å². The second-order valence-electron chi connectivity index (χ2n) is 26.3. The van der Waals surface area contributed by atoms with Gasteiger partial charge in [-0.3, -0.25) is 0 Å². The minimum absolute atomic E-state index is 0.0206. The van der Waals surface area contributed by atoms with Crippen molar-refractivity contribution in [3.05, 3.63) is 82.6 Å². The van der Waals surface area contributed by atoms with E-state index in [1.165, 1.54) is 0 Å². The van der Waals surface area contributed by atoms with Gasteiger partial charge in [-0.15, -0.1) is 0 Å². The SMILES string of the molecule is C[C@@H]1[C@@H](O[Si](C)(C)C(C)(C)C)C=C(S(=O)(=O)c2ccccc2)[C@H](C)C[C@@H]1O[Si](C)(C)C(C)(C)C.C[C@@H]1[C@@H](O[Si](C)(C)C(C)(C)C)C=C(S(=O)(=O)c2ccccc2)[C@H](C)C[C@@H]1O[Si](C)(C)C(C)(C)C. The molecule has 68 heavy (non-hydrogen) atoms. The van der Waals surface area contributed by atoms with Gasteiger partial charge in [-0.05, 0) is 134 Å². The van der Waals surface area contributed by atoms with Crippen LogP contribution in [0.3, 0.4) is 0 Å². The molecule has 14 heteroatoms. The van der Waals surface area contributed by atoms with Gasteiger partial charge in [-0.2, -0.15) is 0 Å². The van der Waals surface area contributed by atoms with E-state index in [0.717, 1.165) is 0 Å². The van der Waals surface area contributed by atoms with Gasteiger partial charge < -0.3 is 17.7 Å². The molecule has 0 unspecified atom stereocenters. The van der Waals surface area contributed by atoms with E-state index in [2.05, 4.69) is 149 Å². The van der Waals surface area contributed by atoms with Crippen LogP contribution in [0.2, 0.25) is 72.5 Å². The van der Waals surface area contributed by atoms with Crippen molar-refractivity contribution in [1.82, 2.24) is 0 Å². The monoisotopic (exact) mass is 1050 g/mol. The van der Waals surface area contributed by atoms with Gasteiger partial charge in [0.15, 0.2) is 33.3 Å². The maximum Gasteiger partial charge on any atom is 0.202 e. The third kappa shape index (κ3) is 14.4. The van der Waals surface area contributed by atoms with Crippen molar-refractivity contribution in [1.29, 1.82) is 0 Å². The van der Waals surface area contributed by atoms with Crippen LogP contribution in [0.5, 0.6) is 0 Å². The zero-order chi connectivity index (χ0) is 52.7. The van der Waals surface area contributed by atoms with Crippen LogP contribution in [-0.4, -0.2) is 74.5 Å². The molecule has 0 aromatic heterocycles. The first-order valence-corrected chi connectivity index (χ1v) is 39.8. The number of rotatable bonds is 12. The topological polar surface area (TPSA) is 105 Å². The standard InChI is InChI=1S/2C27H48O4SSi2/c2*1-20-18-23(30-33(9,10)26(3,4)5)21(2)24(31-34(11,12)27(6,7)8)19-25(20)32(28,29)22-16-14-13-15-17-22/h2*13-17,19-21,23-24H,18H2,1-12H3/t2*20-,21+,23+,24+/m11/s1. The Morgan fingerprint density at radius 3 is 0.882 bits per heavy atom. The van der Waals surface area contributed by atoms with Crippen molar-refractivity contribution in [2.45, 2.75) is 230 Å². The normalized spacial score (nSPS) is 25.6. The van der Waals surface area contributed by atoms with Crippen molar-refractivity contribution in [2.75, 3.05) is 0 Å². The highest BCUT2D eigenvalue weighted by atomic mass is 32.2. The van der Waals surface area contributed by atoms with Gasteiger partial charge in [0, 0.05) is 11.8 Å². The van der Waals surface area contributed by atoms with Crippen molar-refractivity contribution in [2.24, 2.45) is 23.7 Å². The number of hydrogen-bond acceptors (Lipinski definition) is 8. The summed E-state index contributed by atoms with van der Waals surface area (Å²) >= 11 is 0. The number of benzene rings is 2. The molecule has 4 rings (SSSR count). The molecule has 0 N–H and O–H groups in total. The Morgan fingerprint density at radius 1 is 0.412 bits per heavy atom. The van der Waals surface area contributed by atoms with E-state index in [-0.39, 0.29) is 68.2 Å². The Morgan fingerprint density at radius 2 is 0.647 bits per heavy atom. The summed E-state index contributed by atoms with van der Waals surface area (Å²) in [4.78, 5) is 1.62. The summed E-state index contributed by atoms with van der Waals surface area (Å²) in [6.45, 7) is 53.2. The molecular formula is C54H96O8S2Si4. The molecule has 0 spiro atoms. The minimum Gasteiger partial charge on any atom is -0.414 e. The highest BCUT2D eigenvalue weighted by Gasteiger charge is 2.49. The van der Waals surface area contributed by atoms with Crippen molar-refractivity contribution in [3.63, 3.8) is 0 Å². The fourth-order valence-electron chi connectivity index (χ4n) is 7.66. The summed E-state index contributed by atoms with van der Waals surface area (Å²) in [5.74, 6) is -0.214. The highest BCUT2D eigenvalue weighted by Crippen LogP contribution is 2.47. The Labute approximate surface area is 421 Å². The molecule has 2 aliphatic rings. The van der Waals surface area contributed by atoms with E-state index < -0.39 is 52.9 Å². The molecule has 0 heterocycles. The van der Waals surface area contributed by atoms with E-state index in [4.69, 9.17) is 17.7 Å². The fraction of sp³-hybridized carbons (Fsp3) is 0.704. The largest absolute Gasteiger partial charge is 0.414 e. The van der Waals surface area contributed by atoms with E-state index in [1.807, 2.05) is 38.1 Å². The van der Waals surface area contributed by atoms with Crippen LogP contribution in [-0.2, 0) is 37.4 Å². The molecule has 0 bridgehead atoms. The second-order valence-corrected chi connectivity index (χ2v) is 49.2. The zero-order valence-electron chi connectivity index (χ0n) is 47.0. The number of hydrogen-bond donors (Lipinski definition) is 0. The highest BCUT2D eigenvalue weighted by molar-refractivity contribution is 7.95. The summed E-state index contributed by atoms with van der Waals surface area (Å²) in [6.07, 6.45) is 4.44. The third-order valence-corrected chi connectivity index (χ3v) is 38.8. The third-order valence-electron chi connectivity index (χ3n) is 16.7. The average molecular weight is 1050 g/mol. The Kier molecular flexibility index (Phi) is 19.3. The van der Waals surface area contributed by atoms with Gasteiger partial charge in [0.2, 0.25) is 19.7 Å². The first-order chi connectivity index (χ1) is 30.4. The first-order valence-electron chi connectivity index (χ1n) is 25.2. The van der Waals surface area contributed by atoms with Crippen molar-refractivity contribution >= 4 is 52.9 Å². The van der Waals surface area contributed by atoms with Crippen LogP contribution >= 0.6 is 0 Å². The summed E-state index contributed by atoms with van der Waals surface area (Å²) in [7, 11) is -15.7. The maximum absolute atomic E-state index is 13.8. The van der Waals surface area contributed by atoms with Gasteiger partial charge in [-0.25, -0.2) is 16.8 Å². The molecule has 0 saturated carbocycles. The average Bonchev–Trinajstić information content (AvgIpc) is 3.36. The zero-order valence-corrected chi connectivity index (χ0v) is 52.7. The maximum atomic E-state index is 13.8. The predicted octanol–water partition coefficient (Wildman–Crippen LogP) is 15.6. The van der Waals surface area contributed by atoms with Crippen LogP contribution in [0.4, 0.5) is 0 Å². The van der Waals surface area contributed by atoms with Crippen molar-refractivity contribution in [3.8, 4) is 0 Å². The quantitative estimate of drug-likeness (QED) is 0.194. The van der Waals surface area contributed by atoms with E-state index in [9.17, 15) is 16.8 Å². The molecule has 2 aliphatic carbocycles. The second kappa shape index (κ2) is 21.5. The molecule has 388 valence electrons. The lowest BCUT2D eigenvalue weighted by molar-refractivity contribution is 0.0514. The lowest BCUT2D eigenvalue weighted by Gasteiger charge is -2.44. The minimum atomic E-state index is -3.63. The van der Waals surface area contributed by atoms with Crippen molar-refractivity contribution < 1.29 is 34.5 Å². The Bertz CT molecular complexity index is 2100. The molecule has 0 saturated heterocycles. The molecule has 0 aliphatic heterocycles. The number of allylic oxidation sites excluding steroid dienone is 2. The number of sulfone groups is 2. The van der Waals surface area contributed by atoms with E-state index >= 15 is 0 Å². The van der Waals surface area contributed by atoms with E-state index in [1.54, 1.807) is 48.5 Å². The fourth-order valence-corrected chi connectivity index (χ4v) is 16.6. The van der Waals surface area contributed by atoms with Crippen LogP contribution in [0.25, 0.3) is 0 Å². The van der Waals surface area contributed by atoms with Gasteiger partial charge in [-0.1, -0.05) is 147 Å². The van der Waals surface area contributed by atoms with Gasteiger partial charge >= 0.3 is 0 Å². The van der Waals surface area contributed by atoms with Crippen LogP contribution in [0, 0.1) is 23.7 Å². The molecule has 8 nitrogen and oxygen atoms in total. The lowest BCUT2D eigenvalue weighted by Crippen LogP contribution is -2.49. The molecule has 2 aromatic rings. The Balaban J connectivity index is 0.000000360. The molecule has 0 fully saturated rings. The smallest absolute Gasteiger partial charge is 0.202 e. The molecule has 0 amide bonds. The van der Waals surface area contributed by atoms with E-state index in [0.29, 0.717) is 32.4 Å². The lowest BCUT2D eigenvalue weighted by atomic mass is 9.95. The van der Waals surface area contributed by atoms with Crippen LogP contribution < -0.4 is 0 Å². The molecular weight excluding hydrogens is 953 g/mol. The molecule has 8 atom stereocenters. The van der Waals surface area contributed by atoms with Gasteiger partial charge in [0.25, 0.3) is 0 Å². The van der Waals surface area contributed by atoms with Gasteiger partial charge in [0.1, 0.15) is 0 Å². The molecule has 0 radical (unpaired) electrons. The summed E-state index contributed by atoms with van der Waals surface area (Å²) < 4.78 is 82.8. The van der Waals surface area contributed by atoms with Crippen LogP contribution in [0.15, 0.2) is 92.4 Å². The Hall–Kier alpha value is -1.47. The summed E-state index contributed by atoms with van der Waals surface area (Å²) in [5, 5.41) is 0.189. The summed E-state index contributed by atoms with van der Waals surface area (Å²) in [5.41, 5.74) is 0. The van der Waals surface area contributed by atoms with Gasteiger partial charge in [0.05, 0.1) is 44.0 Å². The molecule has 2 aromatic carbocycles.